The molecule has 2 amide bonds. The Bertz CT molecular complexity index is 1090. The van der Waals surface area contributed by atoms with E-state index in [1.807, 2.05) is 43.9 Å². The van der Waals surface area contributed by atoms with Gasteiger partial charge in [-0.15, -0.1) is 0 Å². The predicted octanol–water partition coefficient (Wildman–Crippen LogP) is 5.48. The van der Waals surface area contributed by atoms with E-state index in [1.165, 1.54) is 12.1 Å². The molecule has 2 aromatic carbocycles. The molecule has 2 fully saturated rings. The number of hydrogen-bond donors (Lipinski definition) is 0. The largest absolute Gasteiger partial charge is 0.444 e. The number of nitrogens with zero attached hydrogens (tertiary/aromatic N) is 3. The summed E-state index contributed by atoms with van der Waals surface area (Å²) in [6, 6.07) is 12.2. The third kappa shape index (κ3) is 6.12. The standard InChI is InChI=1S/C28H35ClFN3O3/c1-19-5-8-21(29)17-25(19)31-13-15-32(16-14-31)26(34)24-18-33(27(35)36-28(2,3)4)12-11-23(24)20-6-9-22(30)10-7-20/h5-10,17,23-24H,11-16,18H2,1-4H3/t23-,24-/m1/s1. The summed E-state index contributed by atoms with van der Waals surface area (Å²) in [5, 5.41) is 0.695. The molecular weight excluding hydrogens is 481 g/mol. The molecule has 0 radical (unpaired) electrons. The number of anilines is 1. The molecule has 4 rings (SSSR count). The molecule has 2 aromatic rings. The molecule has 194 valence electrons. The van der Waals surface area contributed by atoms with Gasteiger partial charge in [-0.05, 0) is 75.4 Å². The van der Waals surface area contributed by atoms with Gasteiger partial charge < -0.3 is 19.4 Å². The molecule has 0 spiro atoms. The van der Waals surface area contributed by atoms with Crippen LogP contribution in [0.4, 0.5) is 14.9 Å². The number of piperidine rings is 1. The van der Waals surface area contributed by atoms with Crippen LogP contribution < -0.4 is 4.90 Å². The van der Waals surface area contributed by atoms with E-state index in [0.29, 0.717) is 44.2 Å². The molecule has 2 aliphatic rings. The van der Waals surface area contributed by atoms with Crippen molar-refractivity contribution in [3.63, 3.8) is 0 Å². The molecule has 36 heavy (non-hydrogen) atoms. The average Bonchev–Trinajstić information content (AvgIpc) is 2.84. The number of carbonyl (C=O) groups is 2. The Labute approximate surface area is 218 Å². The van der Waals surface area contributed by atoms with Crippen molar-refractivity contribution >= 4 is 29.3 Å². The first-order valence-corrected chi connectivity index (χ1v) is 12.9. The van der Waals surface area contributed by atoms with Crippen molar-refractivity contribution in [1.29, 1.82) is 0 Å². The molecule has 0 aromatic heterocycles. The number of ether oxygens (including phenoxy) is 1. The second-order valence-electron chi connectivity index (χ2n) is 10.7. The predicted molar refractivity (Wildman–Crippen MR) is 140 cm³/mol. The Balaban J connectivity index is 1.50. The van der Waals surface area contributed by atoms with Gasteiger partial charge in [0, 0.05) is 50.0 Å². The molecule has 0 unspecified atom stereocenters. The molecule has 0 N–H and O–H groups in total. The van der Waals surface area contributed by atoms with Crippen molar-refractivity contribution in [2.75, 3.05) is 44.2 Å². The highest BCUT2D eigenvalue weighted by atomic mass is 35.5. The number of carbonyl (C=O) groups excluding carboxylic acids is 2. The van der Waals surface area contributed by atoms with Gasteiger partial charge in [-0.2, -0.15) is 0 Å². The Kier molecular flexibility index (Phi) is 7.79. The van der Waals surface area contributed by atoms with Gasteiger partial charge in [0.05, 0.1) is 5.92 Å². The molecular formula is C28H35ClFN3O3. The summed E-state index contributed by atoms with van der Waals surface area (Å²) in [7, 11) is 0. The summed E-state index contributed by atoms with van der Waals surface area (Å²) in [5.41, 5.74) is 2.55. The van der Waals surface area contributed by atoms with Crippen LogP contribution in [0.15, 0.2) is 42.5 Å². The van der Waals surface area contributed by atoms with Crippen LogP contribution in [0.2, 0.25) is 5.02 Å². The number of piperazine rings is 1. The van der Waals surface area contributed by atoms with Gasteiger partial charge in [0.25, 0.3) is 0 Å². The van der Waals surface area contributed by atoms with Crippen molar-refractivity contribution in [3.8, 4) is 0 Å². The van der Waals surface area contributed by atoms with Gasteiger partial charge in [0.15, 0.2) is 0 Å². The fourth-order valence-corrected chi connectivity index (χ4v) is 5.30. The molecule has 2 heterocycles. The molecule has 0 saturated carbocycles. The van der Waals surface area contributed by atoms with E-state index in [-0.39, 0.29) is 24.2 Å². The quantitative estimate of drug-likeness (QED) is 0.543. The van der Waals surface area contributed by atoms with E-state index in [2.05, 4.69) is 11.8 Å². The molecule has 0 aliphatic carbocycles. The maximum atomic E-state index is 13.9. The SMILES string of the molecule is Cc1ccc(Cl)cc1N1CCN(C(=O)[C@@H]2CN(C(=O)OC(C)(C)C)CC[C@@H]2c2ccc(F)cc2)CC1. The topological polar surface area (TPSA) is 53.1 Å². The number of aryl methyl sites for hydroxylation is 1. The fraction of sp³-hybridized carbons (Fsp3) is 0.500. The second-order valence-corrected chi connectivity index (χ2v) is 11.2. The molecule has 8 heteroatoms. The highest BCUT2D eigenvalue weighted by Crippen LogP contribution is 2.35. The minimum atomic E-state index is -0.612. The van der Waals surface area contributed by atoms with Gasteiger partial charge in [0.2, 0.25) is 5.91 Å². The van der Waals surface area contributed by atoms with Gasteiger partial charge in [-0.1, -0.05) is 29.8 Å². The van der Waals surface area contributed by atoms with Crippen LogP contribution in [0.1, 0.15) is 44.2 Å². The van der Waals surface area contributed by atoms with Crippen LogP contribution in [0.3, 0.4) is 0 Å². The lowest BCUT2D eigenvalue weighted by Crippen LogP contribution is -2.55. The smallest absolute Gasteiger partial charge is 0.410 e. The van der Waals surface area contributed by atoms with Crippen molar-refractivity contribution in [1.82, 2.24) is 9.80 Å². The number of rotatable bonds is 3. The minimum Gasteiger partial charge on any atom is -0.444 e. The van der Waals surface area contributed by atoms with E-state index >= 15 is 0 Å². The van der Waals surface area contributed by atoms with E-state index in [4.69, 9.17) is 16.3 Å². The van der Waals surface area contributed by atoms with E-state index in [1.54, 1.807) is 17.0 Å². The minimum absolute atomic E-state index is 0.0278. The average molecular weight is 516 g/mol. The lowest BCUT2D eigenvalue weighted by atomic mass is 9.79. The number of halogens is 2. The van der Waals surface area contributed by atoms with Crippen LogP contribution in [0.25, 0.3) is 0 Å². The summed E-state index contributed by atoms with van der Waals surface area (Å²) in [6.07, 6.45) is 0.210. The first-order chi connectivity index (χ1) is 17.0. The monoisotopic (exact) mass is 515 g/mol. The Morgan fingerprint density at radius 1 is 0.972 bits per heavy atom. The van der Waals surface area contributed by atoms with E-state index in [9.17, 15) is 14.0 Å². The first kappa shape index (κ1) is 26.3. The second kappa shape index (κ2) is 10.7. The number of likely N-dealkylation sites (tertiary alicyclic amines) is 1. The van der Waals surface area contributed by atoms with Crippen LogP contribution >= 0.6 is 11.6 Å². The highest BCUT2D eigenvalue weighted by molar-refractivity contribution is 6.30. The van der Waals surface area contributed by atoms with Crippen molar-refractivity contribution in [2.24, 2.45) is 5.92 Å². The maximum absolute atomic E-state index is 13.9. The summed E-state index contributed by atoms with van der Waals surface area (Å²) < 4.78 is 19.2. The lowest BCUT2D eigenvalue weighted by Gasteiger charge is -2.43. The molecule has 0 bridgehead atoms. The van der Waals surface area contributed by atoms with Crippen LogP contribution in [-0.4, -0.2) is 66.7 Å². The number of hydrogen-bond acceptors (Lipinski definition) is 4. The van der Waals surface area contributed by atoms with Crippen molar-refractivity contribution in [3.05, 3.63) is 64.4 Å². The van der Waals surface area contributed by atoms with Crippen LogP contribution in [-0.2, 0) is 9.53 Å². The normalized spacial score (nSPS) is 20.9. The van der Waals surface area contributed by atoms with Gasteiger partial charge in [-0.25, -0.2) is 9.18 Å². The zero-order valence-corrected chi connectivity index (χ0v) is 22.2. The lowest BCUT2D eigenvalue weighted by molar-refractivity contribution is -0.138. The van der Waals surface area contributed by atoms with Gasteiger partial charge >= 0.3 is 6.09 Å². The zero-order chi connectivity index (χ0) is 26.0. The maximum Gasteiger partial charge on any atom is 0.410 e. The third-order valence-electron chi connectivity index (χ3n) is 6.98. The van der Waals surface area contributed by atoms with E-state index < -0.39 is 17.6 Å². The summed E-state index contributed by atoms with van der Waals surface area (Å²) in [4.78, 5) is 32.5. The molecule has 2 aliphatic heterocycles. The zero-order valence-electron chi connectivity index (χ0n) is 21.5. The highest BCUT2D eigenvalue weighted by Gasteiger charge is 2.40. The van der Waals surface area contributed by atoms with Crippen LogP contribution in [0, 0.1) is 18.7 Å². The molecule has 6 nitrogen and oxygen atoms in total. The van der Waals surface area contributed by atoms with Gasteiger partial charge in [0.1, 0.15) is 11.4 Å². The van der Waals surface area contributed by atoms with Gasteiger partial charge in [-0.3, -0.25) is 4.79 Å². The summed E-state index contributed by atoms with van der Waals surface area (Å²) in [6.45, 7) is 10.9. The molecule has 2 saturated heterocycles. The fourth-order valence-electron chi connectivity index (χ4n) is 5.13. The Morgan fingerprint density at radius 2 is 1.64 bits per heavy atom. The summed E-state index contributed by atoms with van der Waals surface area (Å²) >= 11 is 6.22. The summed E-state index contributed by atoms with van der Waals surface area (Å²) in [5.74, 6) is -0.790. The molecule has 2 atom stereocenters. The third-order valence-corrected chi connectivity index (χ3v) is 7.22. The first-order valence-electron chi connectivity index (χ1n) is 12.5. The number of benzene rings is 2. The Morgan fingerprint density at radius 3 is 2.28 bits per heavy atom. The van der Waals surface area contributed by atoms with Crippen molar-refractivity contribution in [2.45, 2.75) is 45.6 Å². The van der Waals surface area contributed by atoms with Crippen molar-refractivity contribution < 1.29 is 18.7 Å². The number of amides is 2. The van der Waals surface area contributed by atoms with E-state index in [0.717, 1.165) is 16.8 Å². The van der Waals surface area contributed by atoms with Crippen LogP contribution in [0.5, 0.6) is 0 Å². The Hall–Kier alpha value is -2.80.